The molecular formula is C15H19N5OS. The summed E-state index contributed by atoms with van der Waals surface area (Å²) in [6.45, 7) is 3.24. The molecule has 1 N–H and O–H groups in total. The van der Waals surface area contributed by atoms with Crippen LogP contribution in [0.4, 0.5) is 0 Å². The Labute approximate surface area is 133 Å². The standard InChI is InChI=1S/C15H19N5OS/c1-2-3-4-5-12-11-20(19-18-12)9-8-17-15(21)14-7-6-13(10-16)22-14/h6-7,11H,2-5,8-9H2,1H3,(H,17,21). The van der Waals surface area contributed by atoms with Crippen molar-refractivity contribution in [3.05, 3.63) is 33.8 Å². The van der Waals surface area contributed by atoms with E-state index < -0.39 is 0 Å². The number of nitrogens with one attached hydrogen (secondary N) is 1. The Balaban J connectivity index is 1.74. The first-order valence-electron chi connectivity index (χ1n) is 7.40. The number of nitrogens with zero attached hydrogens (tertiary/aromatic N) is 4. The Kier molecular flexibility index (Phi) is 6.10. The maximum atomic E-state index is 11.9. The van der Waals surface area contributed by atoms with Crippen LogP contribution < -0.4 is 5.32 Å². The average molecular weight is 317 g/mol. The molecule has 2 heterocycles. The highest BCUT2D eigenvalue weighted by atomic mass is 32.1. The van der Waals surface area contributed by atoms with Gasteiger partial charge >= 0.3 is 0 Å². The smallest absolute Gasteiger partial charge is 0.261 e. The number of hydrogen-bond donors (Lipinski definition) is 1. The molecule has 0 aromatic carbocycles. The second kappa shape index (κ2) is 8.29. The lowest BCUT2D eigenvalue weighted by molar-refractivity contribution is 0.0956. The van der Waals surface area contributed by atoms with E-state index in [0.717, 1.165) is 18.5 Å². The number of unbranched alkanes of at least 4 members (excludes halogenated alkanes) is 2. The maximum Gasteiger partial charge on any atom is 0.261 e. The predicted molar refractivity (Wildman–Crippen MR) is 84.6 cm³/mol. The van der Waals surface area contributed by atoms with Crippen molar-refractivity contribution >= 4 is 17.2 Å². The first kappa shape index (κ1) is 16.2. The third kappa shape index (κ3) is 4.67. The number of aryl methyl sites for hydroxylation is 1. The quantitative estimate of drug-likeness (QED) is 0.758. The van der Waals surface area contributed by atoms with Crippen LogP contribution in [0.1, 0.15) is 46.4 Å². The summed E-state index contributed by atoms with van der Waals surface area (Å²) in [6, 6.07) is 5.34. The molecule has 0 aliphatic rings. The molecule has 2 aromatic rings. The normalized spacial score (nSPS) is 10.4. The largest absolute Gasteiger partial charge is 0.349 e. The van der Waals surface area contributed by atoms with E-state index in [2.05, 4.69) is 22.6 Å². The number of aromatic nitrogens is 3. The summed E-state index contributed by atoms with van der Waals surface area (Å²) >= 11 is 1.19. The van der Waals surface area contributed by atoms with Gasteiger partial charge in [0.15, 0.2) is 0 Å². The van der Waals surface area contributed by atoms with Gasteiger partial charge in [0, 0.05) is 12.7 Å². The SMILES string of the molecule is CCCCCc1cn(CCNC(=O)c2ccc(C#N)s2)nn1. The summed E-state index contributed by atoms with van der Waals surface area (Å²) in [5.74, 6) is -0.158. The lowest BCUT2D eigenvalue weighted by Crippen LogP contribution is -2.26. The van der Waals surface area contributed by atoms with Gasteiger partial charge in [0.2, 0.25) is 0 Å². The number of rotatable bonds is 8. The van der Waals surface area contributed by atoms with E-state index in [0.29, 0.717) is 22.8 Å². The Morgan fingerprint density at radius 2 is 2.32 bits per heavy atom. The highest BCUT2D eigenvalue weighted by molar-refractivity contribution is 7.14. The monoisotopic (exact) mass is 317 g/mol. The third-order valence-electron chi connectivity index (χ3n) is 3.19. The van der Waals surface area contributed by atoms with Crippen LogP contribution in [0.3, 0.4) is 0 Å². The molecule has 2 rings (SSSR count). The number of hydrogen-bond acceptors (Lipinski definition) is 5. The minimum Gasteiger partial charge on any atom is -0.349 e. The van der Waals surface area contributed by atoms with Crippen molar-refractivity contribution in [3.8, 4) is 6.07 Å². The predicted octanol–water partition coefficient (Wildman–Crippen LogP) is 2.37. The number of carbonyl (C=O) groups excluding carboxylic acids is 1. The molecule has 22 heavy (non-hydrogen) atoms. The van der Waals surface area contributed by atoms with E-state index in [1.54, 1.807) is 16.8 Å². The first-order chi connectivity index (χ1) is 10.7. The fourth-order valence-corrected chi connectivity index (χ4v) is 2.73. The summed E-state index contributed by atoms with van der Waals surface area (Å²) in [5, 5.41) is 19.7. The molecule has 0 fully saturated rings. The van der Waals surface area contributed by atoms with E-state index in [1.807, 2.05) is 12.3 Å². The summed E-state index contributed by atoms with van der Waals surface area (Å²) in [5.41, 5.74) is 0.997. The van der Waals surface area contributed by atoms with Crippen LogP contribution in [-0.4, -0.2) is 27.4 Å². The lowest BCUT2D eigenvalue weighted by atomic mass is 10.2. The third-order valence-corrected chi connectivity index (χ3v) is 4.18. The van der Waals surface area contributed by atoms with Gasteiger partial charge < -0.3 is 5.32 Å². The second-order valence-electron chi connectivity index (χ2n) is 4.96. The van der Waals surface area contributed by atoms with Crippen LogP contribution in [0.5, 0.6) is 0 Å². The molecular weight excluding hydrogens is 298 g/mol. The molecule has 0 saturated heterocycles. The van der Waals surface area contributed by atoms with E-state index in [4.69, 9.17) is 5.26 Å². The number of carbonyl (C=O) groups is 1. The highest BCUT2D eigenvalue weighted by Crippen LogP contribution is 2.14. The Morgan fingerprint density at radius 3 is 3.05 bits per heavy atom. The van der Waals surface area contributed by atoms with Gasteiger partial charge in [-0.3, -0.25) is 9.48 Å². The maximum absolute atomic E-state index is 11.9. The van der Waals surface area contributed by atoms with Gasteiger partial charge in [-0.05, 0) is 25.0 Å². The van der Waals surface area contributed by atoms with Crippen LogP contribution in [0.15, 0.2) is 18.3 Å². The van der Waals surface area contributed by atoms with Crippen molar-refractivity contribution in [1.82, 2.24) is 20.3 Å². The molecule has 0 bridgehead atoms. The molecule has 2 aromatic heterocycles. The summed E-state index contributed by atoms with van der Waals surface area (Å²) in [6.07, 6.45) is 6.41. The minimum absolute atomic E-state index is 0.158. The Morgan fingerprint density at radius 1 is 1.45 bits per heavy atom. The van der Waals surface area contributed by atoms with Gasteiger partial charge in [-0.15, -0.1) is 16.4 Å². The van der Waals surface area contributed by atoms with Crippen molar-refractivity contribution in [3.63, 3.8) is 0 Å². The van der Waals surface area contributed by atoms with Crippen LogP contribution in [-0.2, 0) is 13.0 Å². The summed E-state index contributed by atoms with van der Waals surface area (Å²) in [7, 11) is 0. The van der Waals surface area contributed by atoms with Gasteiger partial charge in [0.05, 0.1) is 17.1 Å². The number of nitriles is 1. The molecule has 7 heteroatoms. The van der Waals surface area contributed by atoms with Crippen molar-refractivity contribution in [2.75, 3.05) is 6.54 Å². The molecule has 116 valence electrons. The van der Waals surface area contributed by atoms with E-state index >= 15 is 0 Å². The second-order valence-corrected chi connectivity index (χ2v) is 6.05. The first-order valence-corrected chi connectivity index (χ1v) is 8.21. The number of thiophene rings is 1. The lowest BCUT2D eigenvalue weighted by Gasteiger charge is -2.02. The molecule has 0 atom stereocenters. The average Bonchev–Trinajstić information content (AvgIpc) is 3.16. The van der Waals surface area contributed by atoms with Gasteiger partial charge in [0.1, 0.15) is 10.9 Å². The van der Waals surface area contributed by atoms with Gasteiger partial charge in [-0.2, -0.15) is 5.26 Å². The fraction of sp³-hybridized carbons (Fsp3) is 0.467. The zero-order valence-electron chi connectivity index (χ0n) is 12.6. The Hall–Kier alpha value is -2.20. The minimum atomic E-state index is -0.158. The number of amides is 1. The molecule has 0 spiro atoms. The van der Waals surface area contributed by atoms with Crippen molar-refractivity contribution < 1.29 is 4.79 Å². The fourth-order valence-electron chi connectivity index (χ4n) is 2.01. The zero-order chi connectivity index (χ0) is 15.8. The highest BCUT2D eigenvalue weighted by Gasteiger charge is 2.08. The Bertz CT molecular complexity index is 655. The molecule has 0 aliphatic carbocycles. The van der Waals surface area contributed by atoms with Crippen LogP contribution >= 0.6 is 11.3 Å². The molecule has 0 unspecified atom stereocenters. The van der Waals surface area contributed by atoms with E-state index in [-0.39, 0.29) is 5.91 Å². The summed E-state index contributed by atoms with van der Waals surface area (Å²) < 4.78 is 1.75. The van der Waals surface area contributed by atoms with Gasteiger partial charge in [-0.25, -0.2) is 0 Å². The molecule has 1 amide bonds. The van der Waals surface area contributed by atoms with Crippen molar-refractivity contribution in [2.24, 2.45) is 0 Å². The van der Waals surface area contributed by atoms with E-state index in [1.165, 1.54) is 24.2 Å². The topological polar surface area (TPSA) is 83.6 Å². The van der Waals surface area contributed by atoms with Crippen molar-refractivity contribution in [1.29, 1.82) is 5.26 Å². The van der Waals surface area contributed by atoms with E-state index in [9.17, 15) is 4.79 Å². The van der Waals surface area contributed by atoms with Crippen LogP contribution in [0, 0.1) is 11.3 Å². The molecule has 6 nitrogen and oxygen atoms in total. The molecule has 0 saturated carbocycles. The summed E-state index contributed by atoms with van der Waals surface area (Å²) in [4.78, 5) is 13.0. The van der Waals surface area contributed by atoms with Gasteiger partial charge in [-0.1, -0.05) is 25.0 Å². The van der Waals surface area contributed by atoms with Gasteiger partial charge in [0.25, 0.3) is 5.91 Å². The van der Waals surface area contributed by atoms with Crippen LogP contribution in [0.2, 0.25) is 0 Å². The molecule has 0 aliphatic heterocycles. The molecule has 0 radical (unpaired) electrons. The zero-order valence-corrected chi connectivity index (χ0v) is 13.4. The van der Waals surface area contributed by atoms with Crippen LogP contribution in [0.25, 0.3) is 0 Å². The van der Waals surface area contributed by atoms with Crippen molar-refractivity contribution in [2.45, 2.75) is 39.2 Å².